The number of piperazine rings is 1. The van der Waals surface area contributed by atoms with Crippen LogP contribution in [0, 0.1) is 5.82 Å². The molecule has 0 aromatic heterocycles. The maximum Gasteiger partial charge on any atom is 0.238 e. The van der Waals surface area contributed by atoms with Crippen molar-refractivity contribution >= 4 is 27.4 Å². The van der Waals surface area contributed by atoms with Crippen molar-refractivity contribution in [2.24, 2.45) is 5.14 Å². The second-order valence-electron chi connectivity index (χ2n) is 9.01. The number of halogens is 1. The molecule has 2 saturated heterocycles. The van der Waals surface area contributed by atoms with E-state index in [1.165, 1.54) is 25.1 Å². The van der Waals surface area contributed by atoms with Crippen LogP contribution < -0.4 is 14.8 Å². The lowest BCUT2D eigenvalue weighted by molar-refractivity contribution is -0.130. The van der Waals surface area contributed by atoms with Crippen molar-refractivity contribution in [3.63, 3.8) is 0 Å². The zero-order valence-electron chi connectivity index (χ0n) is 20.1. The van der Waals surface area contributed by atoms with E-state index in [9.17, 15) is 22.4 Å². The molecule has 9 nitrogen and oxygen atoms in total. The molecule has 2 aromatic carbocycles. The molecule has 0 saturated carbocycles. The van der Waals surface area contributed by atoms with Crippen molar-refractivity contribution < 1.29 is 31.9 Å². The predicted octanol–water partition coefficient (Wildman–Crippen LogP) is 2.12. The van der Waals surface area contributed by atoms with Crippen LogP contribution in [0.4, 0.5) is 10.1 Å². The third-order valence-corrected chi connectivity index (χ3v) is 7.40. The molecule has 194 valence electrons. The number of carbonyl (C=O) groups is 2. The fourth-order valence-corrected chi connectivity index (χ4v) is 4.98. The molecule has 0 radical (unpaired) electrons. The number of hydrogen-bond acceptors (Lipinski definition) is 7. The normalized spacial score (nSPS) is 17.2. The van der Waals surface area contributed by atoms with Crippen LogP contribution in [0.15, 0.2) is 41.3 Å². The first kappa shape index (κ1) is 26.1. The standard InChI is InChI=1S/C25H30FN3O6S/c1-17(30)18-2-4-23(22(26)15-18)28-8-10-29(11-9-28)25(31)16-19-14-21(36(27,32)33)3-5-24(19)35-20-6-12-34-13-7-20/h2-5,14-15,20H,6-13,16H2,1H3,(H2,27,32,33). The molecule has 36 heavy (non-hydrogen) atoms. The van der Waals surface area contributed by atoms with Crippen molar-refractivity contribution in [2.45, 2.75) is 37.2 Å². The van der Waals surface area contributed by atoms with Gasteiger partial charge in [0.15, 0.2) is 5.78 Å². The molecular weight excluding hydrogens is 489 g/mol. The number of carbonyl (C=O) groups excluding carboxylic acids is 2. The van der Waals surface area contributed by atoms with Crippen LogP contribution in [0.25, 0.3) is 0 Å². The van der Waals surface area contributed by atoms with Gasteiger partial charge in [-0.1, -0.05) is 0 Å². The Morgan fingerprint density at radius 1 is 1.08 bits per heavy atom. The Balaban J connectivity index is 1.45. The van der Waals surface area contributed by atoms with Crippen LogP contribution in [0.5, 0.6) is 5.75 Å². The Labute approximate surface area is 210 Å². The minimum Gasteiger partial charge on any atom is -0.490 e. The summed E-state index contributed by atoms with van der Waals surface area (Å²) >= 11 is 0. The summed E-state index contributed by atoms with van der Waals surface area (Å²) in [7, 11) is -3.95. The van der Waals surface area contributed by atoms with Gasteiger partial charge in [0.25, 0.3) is 0 Å². The first-order chi connectivity index (χ1) is 17.1. The van der Waals surface area contributed by atoms with Crippen LogP contribution in [-0.4, -0.2) is 70.5 Å². The molecule has 11 heteroatoms. The molecule has 0 unspecified atom stereocenters. The second kappa shape index (κ2) is 10.9. The molecule has 0 spiro atoms. The van der Waals surface area contributed by atoms with Crippen LogP contribution in [0.3, 0.4) is 0 Å². The van der Waals surface area contributed by atoms with E-state index < -0.39 is 15.8 Å². The molecule has 2 aliphatic heterocycles. The van der Waals surface area contributed by atoms with Gasteiger partial charge in [-0.2, -0.15) is 0 Å². The lowest BCUT2D eigenvalue weighted by atomic mass is 10.1. The van der Waals surface area contributed by atoms with Crippen molar-refractivity contribution in [3.8, 4) is 5.75 Å². The van der Waals surface area contributed by atoms with E-state index in [0.717, 1.165) is 0 Å². The number of nitrogens with two attached hydrogens (primary N) is 1. The smallest absolute Gasteiger partial charge is 0.238 e. The number of primary sulfonamides is 1. The van der Waals surface area contributed by atoms with Gasteiger partial charge in [0.05, 0.1) is 30.2 Å². The lowest BCUT2D eigenvalue weighted by Gasteiger charge is -2.36. The highest BCUT2D eigenvalue weighted by Crippen LogP contribution is 2.27. The summed E-state index contributed by atoms with van der Waals surface area (Å²) in [6.45, 7) is 4.13. The Kier molecular flexibility index (Phi) is 7.91. The van der Waals surface area contributed by atoms with E-state index in [1.54, 1.807) is 23.1 Å². The number of sulfonamides is 1. The minimum atomic E-state index is -3.95. The number of ether oxygens (including phenoxy) is 2. The zero-order valence-corrected chi connectivity index (χ0v) is 20.9. The van der Waals surface area contributed by atoms with Crippen LogP contribution in [0.1, 0.15) is 35.7 Å². The molecular formula is C25H30FN3O6S. The van der Waals surface area contributed by atoms with Gasteiger partial charge in [0.1, 0.15) is 17.7 Å². The van der Waals surface area contributed by atoms with Crippen LogP contribution >= 0.6 is 0 Å². The number of rotatable bonds is 7. The van der Waals surface area contributed by atoms with E-state index >= 15 is 0 Å². The Bertz CT molecular complexity index is 1240. The molecule has 2 aromatic rings. The van der Waals surface area contributed by atoms with E-state index in [0.29, 0.717) is 74.8 Å². The number of benzene rings is 2. The Morgan fingerprint density at radius 2 is 1.78 bits per heavy atom. The van der Waals surface area contributed by atoms with E-state index in [2.05, 4.69) is 0 Å². The van der Waals surface area contributed by atoms with E-state index in [4.69, 9.17) is 14.6 Å². The monoisotopic (exact) mass is 519 g/mol. The van der Waals surface area contributed by atoms with Gasteiger partial charge < -0.3 is 19.3 Å². The minimum absolute atomic E-state index is 0.0520. The fourth-order valence-electron chi connectivity index (χ4n) is 4.41. The summed E-state index contributed by atoms with van der Waals surface area (Å²) in [5, 5.41) is 5.31. The number of ketones is 1. The average molecular weight is 520 g/mol. The summed E-state index contributed by atoms with van der Waals surface area (Å²) < 4.78 is 49.8. The third kappa shape index (κ3) is 6.21. The molecule has 2 aliphatic rings. The van der Waals surface area contributed by atoms with Gasteiger partial charge in [0.2, 0.25) is 15.9 Å². The van der Waals surface area contributed by atoms with Gasteiger partial charge >= 0.3 is 0 Å². The number of Topliss-reactive ketones (excluding diaryl/α,β-unsaturated/α-hetero) is 1. The predicted molar refractivity (Wildman–Crippen MR) is 131 cm³/mol. The molecule has 2 heterocycles. The number of anilines is 1. The molecule has 0 atom stereocenters. The van der Waals surface area contributed by atoms with Crippen molar-refractivity contribution in [1.82, 2.24) is 4.90 Å². The quantitative estimate of drug-likeness (QED) is 0.557. The van der Waals surface area contributed by atoms with Gasteiger partial charge in [0, 0.05) is 50.1 Å². The topological polar surface area (TPSA) is 119 Å². The van der Waals surface area contributed by atoms with Crippen LogP contribution in [0.2, 0.25) is 0 Å². The molecule has 2 N–H and O–H groups in total. The highest BCUT2D eigenvalue weighted by Gasteiger charge is 2.25. The Hall–Kier alpha value is -3.02. The van der Waals surface area contributed by atoms with E-state index in [-0.39, 0.29) is 29.1 Å². The molecule has 2 fully saturated rings. The SMILES string of the molecule is CC(=O)c1ccc(N2CCN(C(=O)Cc3cc(S(N)(=O)=O)ccc3OC3CCOCC3)CC2)c(F)c1. The summed E-state index contributed by atoms with van der Waals surface area (Å²) in [4.78, 5) is 28.0. The summed E-state index contributed by atoms with van der Waals surface area (Å²) in [6.07, 6.45) is 1.27. The molecule has 0 aliphatic carbocycles. The summed E-state index contributed by atoms with van der Waals surface area (Å²) in [6, 6.07) is 8.72. The molecule has 1 amide bonds. The highest BCUT2D eigenvalue weighted by molar-refractivity contribution is 7.89. The molecule has 0 bridgehead atoms. The number of nitrogens with zero attached hydrogens (tertiary/aromatic N) is 2. The molecule has 4 rings (SSSR count). The first-order valence-corrected chi connectivity index (χ1v) is 13.4. The van der Waals surface area contributed by atoms with Crippen LogP contribution in [-0.2, 0) is 26.0 Å². The van der Waals surface area contributed by atoms with E-state index in [1.807, 2.05) is 4.90 Å². The van der Waals surface area contributed by atoms with Crippen molar-refractivity contribution in [3.05, 3.63) is 53.3 Å². The maximum absolute atomic E-state index is 14.6. The van der Waals surface area contributed by atoms with Gasteiger partial charge in [-0.25, -0.2) is 17.9 Å². The number of amides is 1. The zero-order chi connectivity index (χ0) is 25.9. The summed E-state index contributed by atoms with van der Waals surface area (Å²) in [5.41, 5.74) is 1.15. The van der Waals surface area contributed by atoms with Gasteiger partial charge in [-0.15, -0.1) is 0 Å². The van der Waals surface area contributed by atoms with Gasteiger partial charge in [-0.3, -0.25) is 9.59 Å². The average Bonchev–Trinajstić information content (AvgIpc) is 2.85. The number of hydrogen-bond donors (Lipinski definition) is 1. The largest absolute Gasteiger partial charge is 0.490 e. The fraction of sp³-hybridized carbons (Fsp3) is 0.440. The second-order valence-corrected chi connectivity index (χ2v) is 10.6. The van der Waals surface area contributed by atoms with Crippen molar-refractivity contribution in [2.75, 3.05) is 44.3 Å². The third-order valence-electron chi connectivity index (χ3n) is 6.49. The van der Waals surface area contributed by atoms with Crippen molar-refractivity contribution in [1.29, 1.82) is 0 Å². The lowest BCUT2D eigenvalue weighted by Crippen LogP contribution is -2.49. The maximum atomic E-state index is 14.6. The Morgan fingerprint density at radius 3 is 2.39 bits per heavy atom. The summed E-state index contributed by atoms with van der Waals surface area (Å²) in [5.74, 6) is -0.418. The first-order valence-electron chi connectivity index (χ1n) is 11.8. The highest BCUT2D eigenvalue weighted by atomic mass is 32.2. The van der Waals surface area contributed by atoms with Gasteiger partial charge in [-0.05, 0) is 43.3 Å².